The number of sulfone groups is 1. The molecule has 0 spiro atoms. The smallest absolute Gasteiger partial charge is 0.206 e. The Hall–Kier alpha value is -1.65. The van der Waals surface area contributed by atoms with Crippen LogP contribution in [0.25, 0.3) is 0 Å². The summed E-state index contributed by atoms with van der Waals surface area (Å²) in [6.45, 7) is 0. The Morgan fingerprint density at radius 1 is 0.950 bits per heavy atom. The van der Waals surface area contributed by atoms with Gasteiger partial charge in [-0.25, -0.2) is 13.5 Å². The molecule has 0 amide bonds. The molecule has 3 nitrogen and oxygen atoms in total. The monoisotopic (exact) mass is 287 g/mol. The average molecular weight is 287 g/mol. The van der Waals surface area contributed by atoms with Crippen LogP contribution in [0.4, 0.5) is 0 Å². The molecule has 0 heterocycles. The summed E-state index contributed by atoms with van der Waals surface area (Å²) < 4.78 is 25.0. The molecule has 0 N–H and O–H groups in total. The summed E-state index contributed by atoms with van der Waals surface area (Å²) in [5.41, 5.74) is 1.64. The molecule has 0 saturated carbocycles. The number of fused-ring (bicyclic) bond motifs is 1. The van der Waals surface area contributed by atoms with E-state index in [9.17, 15) is 13.5 Å². The van der Waals surface area contributed by atoms with E-state index in [0.29, 0.717) is 6.42 Å². The van der Waals surface area contributed by atoms with Gasteiger partial charge in [0.25, 0.3) is 0 Å². The molecular weight excluding hydrogens is 272 g/mol. The predicted molar refractivity (Wildman–Crippen MR) is 74.7 cm³/mol. The third-order valence-electron chi connectivity index (χ3n) is 3.74. The maximum Gasteiger partial charge on any atom is 0.206 e. The van der Waals surface area contributed by atoms with Crippen LogP contribution in [-0.2, 0) is 21.4 Å². The van der Waals surface area contributed by atoms with Crippen molar-refractivity contribution in [3.8, 4) is 0 Å². The number of benzene rings is 2. The molecule has 1 aliphatic rings. The topological polar surface area (TPSA) is 54.0 Å². The van der Waals surface area contributed by atoms with E-state index >= 15 is 0 Å². The number of rotatable bonds is 2. The Morgan fingerprint density at radius 2 is 1.70 bits per heavy atom. The summed E-state index contributed by atoms with van der Waals surface area (Å²) in [6, 6.07) is 13.3. The van der Waals surface area contributed by atoms with Crippen LogP contribution in [0, 0.1) is 0 Å². The number of aryl methyl sites for hydroxylation is 1. The van der Waals surface area contributed by atoms with E-state index in [0.717, 1.165) is 24.0 Å². The molecule has 0 saturated heterocycles. The van der Waals surface area contributed by atoms with Gasteiger partial charge in [0.15, 0.2) is 0 Å². The molecule has 0 fully saturated rings. The fourth-order valence-corrected chi connectivity index (χ4v) is 3.98. The van der Waals surface area contributed by atoms with E-state index in [1.165, 1.54) is 0 Å². The van der Waals surface area contributed by atoms with Crippen LogP contribution < -0.4 is 0 Å². The number of hydrogen-bond acceptors (Lipinski definition) is 2. The van der Waals surface area contributed by atoms with Crippen LogP contribution in [0.1, 0.15) is 30.1 Å². The van der Waals surface area contributed by atoms with E-state index in [2.05, 4.69) is 0 Å². The van der Waals surface area contributed by atoms with Crippen molar-refractivity contribution >= 4 is 9.84 Å². The highest BCUT2D eigenvalue weighted by atomic mass is 32.2. The zero-order chi connectivity index (χ0) is 14.2. The van der Waals surface area contributed by atoms with Crippen molar-refractivity contribution in [2.24, 2.45) is 0 Å². The van der Waals surface area contributed by atoms with Gasteiger partial charge in [-0.1, -0.05) is 24.3 Å². The molecule has 1 atom stereocenters. The molecule has 2 aromatic rings. The van der Waals surface area contributed by atoms with Crippen LogP contribution >= 0.6 is 0 Å². The van der Waals surface area contributed by atoms with Gasteiger partial charge in [0.05, 0.1) is 9.79 Å². The fourth-order valence-electron chi connectivity index (χ4n) is 2.65. The lowest BCUT2D eigenvalue weighted by Crippen LogP contribution is -2.10. The highest BCUT2D eigenvalue weighted by Crippen LogP contribution is 2.32. The Bertz CT molecular complexity index is 721. The van der Waals surface area contributed by atoms with E-state index in [1.54, 1.807) is 48.5 Å². The maximum absolute atomic E-state index is 12.5. The Morgan fingerprint density at radius 3 is 2.45 bits per heavy atom. The normalized spacial score (nSPS) is 18.6. The maximum atomic E-state index is 12.5. The van der Waals surface area contributed by atoms with Crippen molar-refractivity contribution in [3.05, 3.63) is 59.7 Å². The molecule has 20 heavy (non-hydrogen) atoms. The van der Waals surface area contributed by atoms with Gasteiger partial charge in [0.2, 0.25) is 9.84 Å². The summed E-state index contributed by atoms with van der Waals surface area (Å²) in [5.74, 6) is 0. The molecule has 4 heteroatoms. The first-order valence-corrected chi connectivity index (χ1v) is 8.16. The van der Waals surface area contributed by atoms with Gasteiger partial charge in [-0.3, -0.25) is 0 Å². The zero-order valence-electron chi connectivity index (χ0n) is 11.0. The third kappa shape index (κ3) is 2.25. The summed E-state index contributed by atoms with van der Waals surface area (Å²) in [7, 11) is -3.49. The number of hydrogen-bond donors (Lipinski definition) is 0. The van der Waals surface area contributed by atoms with Crippen LogP contribution in [0.2, 0.25) is 0 Å². The average Bonchev–Trinajstić information content (AvgIpc) is 2.48. The lowest BCUT2D eigenvalue weighted by Gasteiger charge is -2.20. The molecular formula is C16H15O3S. The minimum Gasteiger partial charge on any atom is -0.228 e. The van der Waals surface area contributed by atoms with E-state index in [4.69, 9.17) is 0 Å². The van der Waals surface area contributed by atoms with Crippen molar-refractivity contribution in [3.63, 3.8) is 0 Å². The van der Waals surface area contributed by atoms with Crippen molar-refractivity contribution < 1.29 is 13.5 Å². The molecule has 1 aliphatic carbocycles. The molecule has 2 aromatic carbocycles. The summed E-state index contributed by atoms with van der Waals surface area (Å²) in [5, 5.41) is 11.9. The molecule has 0 aromatic heterocycles. The van der Waals surface area contributed by atoms with E-state index in [1.807, 2.05) is 0 Å². The van der Waals surface area contributed by atoms with Gasteiger partial charge < -0.3 is 0 Å². The molecule has 0 aliphatic heterocycles. The second kappa shape index (κ2) is 5.04. The van der Waals surface area contributed by atoms with Crippen LogP contribution in [-0.4, -0.2) is 8.42 Å². The summed E-state index contributed by atoms with van der Waals surface area (Å²) in [6.07, 6.45) is 1.53. The second-order valence-corrected chi connectivity index (χ2v) is 7.01. The molecule has 1 radical (unpaired) electrons. The van der Waals surface area contributed by atoms with E-state index in [-0.39, 0.29) is 9.79 Å². The van der Waals surface area contributed by atoms with Crippen LogP contribution in [0.3, 0.4) is 0 Å². The minimum atomic E-state index is -3.49. The molecule has 3 rings (SSSR count). The predicted octanol–water partition coefficient (Wildman–Crippen LogP) is 3.33. The van der Waals surface area contributed by atoms with Gasteiger partial charge in [-0.15, -0.1) is 0 Å². The van der Waals surface area contributed by atoms with Crippen molar-refractivity contribution in [2.45, 2.75) is 35.2 Å². The van der Waals surface area contributed by atoms with Crippen molar-refractivity contribution in [2.75, 3.05) is 0 Å². The lowest BCUT2D eigenvalue weighted by atomic mass is 9.90. The Balaban J connectivity index is 2.08. The lowest BCUT2D eigenvalue weighted by molar-refractivity contribution is 0.0733. The first-order valence-electron chi connectivity index (χ1n) is 6.68. The van der Waals surface area contributed by atoms with Crippen molar-refractivity contribution in [1.29, 1.82) is 0 Å². The fraction of sp³-hybridized carbons (Fsp3) is 0.250. The van der Waals surface area contributed by atoms with Crippen LogP contribution in [0.15, 0.2) is 58.3 Å². The van der Waals surface area contributed by atoms with Gasteiger partial charge in [-0.05, 0) is 54.7 Å². The summed E-state index contributed by atoms with van der Waals surface area (Å²) >= 11 is 0. The largest absolute Gasteiger partial charge is 0.228 e. The molecule has 1 unspecified atom stereocenters. The highest BCUT2D eigenvalue weighted by Gasteiger charge is 2.23. The van der Waals surface area contributed by atoms with Crippen LogP contribution in [0.5, 0.6) is 0 Å². The minimum absolute atomic E-state index is 0.275. The first-order chi connectivity index (χ1) is 9.59. The molecule has 103 valence electrons. The molecule has 0 bridgehead atoms. The van der Waals surface area contributed by atoms with Crippen molar-refractivity contribution in [1.82, 2.24) is 0 Å². The Labute approximate surface area is 118 Å². The Kier molecular flexibility index (Phi) is 3.36. The zero-order valence-corrected chi connectivity index (χ0v) is 11.8. The van der Waals surface area contributed by atoms with Gasteiger partial charge >= 0.3 is 0 Å². The van der Waals surface area contributed by atoms with Gasteiger partial charge in [0.1, 0.15) is 6.10 Å². The van der Waals surface area contributed by atoms with Gasteiger partial charge in [0, 0.05) is 0 Å². The third-order valence-corrected chi connectivity index (χ3v) is 5.50. The SMILES string of the molecule is [O]C1CCCc2cc(S(=O)(=O)c3ccccc3)ccc21. The van der Waals surface area contributed by atoms with E-state index < -0.39 is 15.9 Å². The quantitative estimate of drug-likeness (QED) is 0.850. The highest BCUT2D eigenvalue weighted by molar-refractivity contribution is 7.91. The first kappa shape index (κ1) is 13.3. The van der Waals surface area contributed by atoms with Gasteiger partial charge in [-0.2, -0.15) is 0 Å². The summed E-state index contributed by atoms with van der Waals surface area (Å²) in [4.78, 5) is 0.561. The standard InChI is InChI=1S/C16H15O3S/c17-16-8-4-5-12-11-14(9-10-15(12)16)20(18,19)13-6-2-1-3-7-13/h1-3,6-7,9-11,16H,4-5,8H2. The second-order valence-electron chi connectivity index (χ2n) is 5.06.